The Morgan fingerprint density at radius 3 is 2.49 bits per heavy atom. The van der Waals surface area contributed by atoms with Crippen molar-refractivity contribution in [2.75, 3.05) is 26.3 Å². The SMILES string of the molecule is CCOCCn1c(=NC(=O)c2ccc(S(=O)(=O)N3CCCC(C)C3)cc2)sc2cc(S(N)(=O)=O)ccc21. The summed E-state index contributed by atoms with van der Waals surface area (Å²) in [6.07, 6.45) is 1.83. The maximum Gasteiger partial charge on any atom is 0.279 e. The number of carbonyl (C=O) groups is 1. The first-order chi connectivity index (χ1) is 17.5. The average Bonchev–Trinajstić information content (AvgIpc) is 3.20. The first-order valence-electron chi connectivity index (χ1n) is 11.9. The number of hydrogen-bond donors (Lipinski definition) is 1. The Balaban J connectivity index is 1.67. The van der Waals surface area contributed by atoms with Crippen LogP contribution in [-0.4, -0.2) is 57.9 Å². The predicted octanol–water partition coefficient (Wildman–Crippen LogP) is 2.55. The lowest BCUT2D eigenvalue weighted by atomic mass is 10.0. The normalized spacial score (nSPS) is 17.9. The number of fused-ring (bicyclic) bond motifs is 1. The summed E-state index contributed by atoms with van der Waals surface area (Å²) in [5, 5.41) is 5.27. The first-order valence-corrected chi connectivity index (χ1v) is 15.7. The van der Waals surface area contributed by atoms with Gasteiger partial charge in [0.05, 0.1) is 26.6 Å². The number of hydrogen-bond acceptors (Lipinski definition) is 7. The molecule has 4 rings (SSSR count). The van der Waals surface area contributed by atoms with Crippen molar-refractivity contribution in [3.63, 3.8) is 0 Å². The lowest BCUT2D eigenvalue weighted by molar-refractivity contribution is 0.0996. The second-order valence-corrected chi connectivity index (χ2v) is 13.5. The molecule has 1 saturated heterocycles. The highest BCUT2D eigenvalue weighted by atomic mass is 32.2. The summed E-state index contributed by atoms with van der Waals surface area (Å²) < 4.78 is 59.0. The highest BCUT2D eigenvalue weighted by Gasteiger charge is 2.28. The van der Waals surface area contributed by atoms with E-state index in [1.807, 2.05) is 13.8 Å². The van der Waals surface area contributed by atoms with Crippen LogP contribution in [0, 0.1) is 5.92 Å². The van der Waals surface area contributed by atoms with Gasteiger partial charge in [-0.25, -0.2) is 22.0 Å². The van der Waals surface area contributed by atoms with Gasteiger partial charge in [0.15, 0.2) is 4.80 Å². The van der Waals surface area contributed by atoms with Gasteiger partial charge in [0.2, 0.25) is 20.0 Å². The third kappa shape index (κ3) is 6.19. The van der Waals surface area contributed by atoms with Crippen molar-refractivity contribution in [2.24, 2.45) is 16.0 Å². The molecule has 1 aliphatic heterocycles. The van der Waals surface area contributed by atoms with Crippen LogP contribution in [-0.2, 0) is 31.3 Å². The van der Waals surface area contributed by atoms with Gasteiger partial charge in [-0.1, -0.05) is 18.3 Å². The molecule has 0 radical (unpaired) electrons. The van der Waals surface area contributed by atoms with E-state index in [2.05, 4.69) is 4.99 Å². The molecule has 200 valence electrons. The average molecular weight is 567 g/mol. The van der Waals surface area contributed by atoms with Gasteiger partial charge in [-0.2, -0.15) is 9.30 Å². The maximum absolute atomic E-state index is 13.0. The highest BCUT2D eigenvalue weighted by Crippen LogP contribution is 2.24. The predicted molar refractivity (Wildman–Crippen MR) is 141 cm³/mol. The van der Waals surface area contributed by atoms with Crippen LogP contribution in [0.4, 0.5) is 0 Å². The summed E-state index contributed by atoms with van der Waals surface area (Å²) in [5.41, 5.74) is 0.936. The second kappa shape index (κ2) is 11.1. The molecule has 0 bridgehead atoms. The van der Waals surface area contributed by atoms with Crippen LogP contribution in [0.25, 0.3) is 10.2 Å². The summed E-state index contributed by atoms with van der Waals surface area (Å²) in [5.74, 6) is -0.237. The molecule has 0 aliphatic carbocycles. The summed E-state index contributed by atoms with van der Waals surface area (Å²) >= 11 is 1.16. The number of aromatic nitrogens is 1. The van der Waals surface area contributed by atoms with E-state index in [0.717, 1.165) is 24.2 Å². The van der Waals surface area contributed by atoms with E-state index in [1.54, 1.807) is 10.6 Å². The molecule has 2 N–H and O–H groups in total. The smallest absolute Gasteiger partial charge is 0.279 e. The molecule has 13 heteroatoms. The number of sulfonamides is 2. The largest absolute Gasteiger partial charge is 0.380 e. The Hall–Kier alpha value is -2.42. The van der Waals surface area contributed by atoms with E-state index in [-0.39, 0.29) is 15.4 Å². The van der Waals surface area contributed by atoms with Gasteiger partial charge >= 0.3 is 0 Å². The molecule has 1 fully saturated rings. The molecular weight excluding hydrogens is 536 g/mol. The lowest BCUT2D eigenvalue weighted by Crippen LogP contribution is -2.39. The monoisotopic (exact) mass is 566 g/mol. The number of nitrogens with two attached hydrogens (primary N) is 1. The molecular formula is C24H30N4O6S3. The van der Waals surface area contributed by atoms with E-state index in [1.165, 1.54) is 40.7 Å². The number of rotatable bonds is 8. The molecule has 3 aromatic rings. The third-order valence-corrected chi connectivity index (χ3v) is 10.0. The van der Waals surface area contributed by atoms with Crippen LogP contribution in [0.1, 0.15) is 37.0 Å². The number of piperidine rings is 1. The number of nitrogens with zero attached hydrogens (tertiary/aromatic N) is 3. The molecule has 10 nitrogen and oxygen atoms in total. The van der Waals surface area contributed by atoms with E-state index in [0.29, 0.717) is 53.8 Å². The van der Waals surface area contributed by atoms with Crippen LogP contribution in [0.2, 0.25) is 0 Å². The number of benzene rings is 2. The number of carbonyl (C=O) groups excluding carboxylic acids is 1. The fraction of sp³-hybridized carbons (Fsp3) is 0.417. The summed E-state index contributed by atoms with van der Waals surface area (Å²) in [6, 6.07) is 10.3. The second-order valence-electron chi connectivity index (χ2n) is 8.96. The zero-order valence-electron chi connectivity index (χ0n) is 20.7. The van der Waals surface area contributed by atoms with Gasteiger partial charge in [0.1, 0.15) is 0 Å². The van der Waals surface area contributed by atoms with E-state index in [9.17, 15) is 21.6 Å². The van der Waals surface area contributed by atoms with Crippen LogP contribution >= 0.6 is 11.3 Å². The molecule has 0 saturated carbocycles. The standard InChI is InChI=1S/C24H30N4O6S3/c1-3-34-14-13-28-21-11-10-20(36(25,30)31)15-22(21)35-24(28)26-23(29)18-6-8-19(9-7-18)37(32,33)27-12-4-5-17(2)16-27/h6-11,15,17H,3-5,12-14,16H2,1-2H3,(H2,25,30,31). The lowest BCUT2D eigenvalue weighted by Gasteiger charge is -2.30. The Bertz CT molecular complexity index is 1570. The number of amides is 1. The Morgan fingerprint density at radius 1 is 1.14 bits per heavy atom. The minimum Gasteiger partial charge on any atom is -0.380 e. The molecule has 1 aliphatic rings. The Morgan fingerprint density at radius 2 is 1.84 bits per heavy atom. The minimum absolute atomic E-state index is 0.0315. The van der Waals surface area contributed by atoms with Crippen molar-refractivity contribution in [2.45, 2.75) is 43.0 Å². The Kier molecular flexibility index (Phi) is 8.31. The maximum atomic E-state index is 13.0. The van der Waals surface area contributed by atoms with Gasteiger partial charge in [-0.05, 0) is 68.1 Å². The van der Waals surface area contributed by atoms with Crippen molar-refractivity contribution < 1.29 is 26.4 Å². The molecule has 1 atom stereocenters. The summed E-state index contributed by atoms with van der Waals surface area (Å²) in [7, 11) is -7.52. The van der Waals surface area contributed by atoms with Crippen molar-refractivity contribution in [3.05, 3.63) is 52.8 Å². The molecule has 2 aromatic carbocycles. The zero-order chi connectivity index (χ0) is 26.8. The van der Waals surface area contributed by atoms with Crippen molar-refractivity contribution in [1.82, 2.24) is 8.87 Å². The Labute approximate surface area is 220 Å². The quantitative estimate of drug-likeness (QED) is 0.416. The van der Waals surface area contributed by atoms with Gasteiger partial charge < -0.3 is 9.30 Å². The van der Waals surface area contributed by atoms with Crippen molar-refractivity contribution >= 4 is 47.5 Å². The fourth-order valence-electron chi connectivity index (χ4n) is 4.27. The minimum atomic E-state index is -3.89. The highest BCUT2D eigenvalue weighted by molar-refractivity contribution is 7.89. The van der Waals surface area contributed by atoms with E-state index >= 15 is 0 Å². The van der Waals surface area contributed by atoms with Gasteiger partial charge in [-0.15, -0.1) is 0 Å². The number of primary sulfonamides is 1. The topological polar surface area (TPSA) is 141 Å². The van der Waals surface area contributed by atoms with Crippen LogP contribution in [0.15, 0.2) is 57.2 Å². The van der Waals surface area contributed by atoms with Crippen LogP contribution in [0.3, 0.4) is 0 Å². The van der Waals surface area contributed by atoms with Gasteiger partial charge in [0.25, 0.3) is 5.91 Å². The van der Waals surface area contributed by atoms with Gasteiger partial charge in [0, 0.05) is 31.8 Å². The molecule has 1 amide bonds. The molecule has 37 heavy (non-hydrogen) atoms. The van der Waals surface area contributed by atoms with E-state index < -0.39 is 26.0 Å². The third-order valence-electron chi connectivity index (χ3n) is 6.20. The molecule has 1 unspecified atom stereocenters. The number of ether oxygens (including phenoxy) is 1. The van der Waals surface area contributed by atoms with Crippen LogP contribution in [0.5, 0.6) is 0 Å². The summed E-state index contributed by atoms with van der Waals surface area (Å²) in [4.78, 5) is 17.8. The van der Waals surface area contributed by atoms with Crippen LogP contribution < -0.4 is 9.94 Å². The number of thiazole rings is 1. The van der Waals surface area contributed by atoms with E-state index in [4.69, 9.17) is 9.88 Å². The molecule has 1 aromatic heterocycles. The van der Waals surface area contributed by atoms with Crippen molar-refractivity contribution in [3.8, 4) is 0 Å². The van der Waals surface area contributed by atoms with Crippen molar-refractivity contribution in [1.29, 1.82) is 0 Å². The van der Waals surface area contributed by atoms with Gasteiger partial charge in [-0.3, -0.25) is 4.79 Å². The fourth-order valence-corrected chi connectivity index (χ4v) is 7.57. The molecule has 2 heterocycles. The summed E-state index contributed by atoms with van der Waals surface area (Å²) in [6.45, 7) is 6.19. The zero-order valence-corrected chi connectivity index (χ0v) is 23.1. The molecule has 0 spiro atoms. The first kappa shape index (κ1) is 27.6.